The Morgan fingerprint density at radius 3 is 2.42 bits per heavy atom. The van der Waals surface area contributed by atoms with Crippen molar-refractivity contribution in [2.75, 3.05) is 0 Å². The predicted octanol–water partition coefficient (Wildman–Crippen LogP) is 4.90. The molecule has 3 atom stereocenters. The van der Waals surface area contributed by atoms with Crippen molar-refractivity contribution >= 4 is 34.9 Å². The molecule has 3 rings (SSSR count). The van der Waals surface area contributed by atoms with Gasteiger partial charge in [0.1, 0.15) is 0 Å². The van der Waals surface area contributed by atoms with Crippen molar-refractivity contribution in [1.29, 1.82) is 0 Å². The second-order valence-electron chi connectivity index (χ2n) is 11.3. The molecule has 2 amide bonds. The Labute approximate surface area is 228 Å². The molecule has 0 bridgehead atoms. The highest BCUT2D eigenvalue weighted by atomic mass is 32.1. The van der Waals surface area contributed by atoms with Gasteiger partial charge in [0.05, 0.1) is 22.1 Å². The maximum atomic E-state index is 13.3. The summed E-state index contributed by atoms with van der Waals surface area (Å²) >= 11 is 1.61. The fourth-order valence-electron chi connectivity index (χ4n) is 5.09. The number of nitrogens with zero attached hydrogens (tertiary/aromatic N) is 1. The summed E-state index contributed by atoms with van der Waals surface area (Å²) in [6.45, 7) is 8.10. The molecule has 1 aliphatic rings. The van der Waals surface area contributed by atoms with Crippen LogP contribution in [0.3, 0.4) is 0 Å². The first kappa shape index (κ1) is 29.5. The summed E-state index contributed by atoms with van der Waals surface area (Å²) in [7, 11) is 0. The van der Waals surface area contributed by atoms with Crippen LogP contribution in [0, 0.1) is 24.2 Å². The topological polar surface area (TPSA) is 125 Å². The molecule has 1 aromatic carbocycles. The van der Waals surface area contributed by atoms with Crippen molar-refractivity contribution in [3.8, 4) is 10.4 Å². The fourth-order valence-corrected chi connectivity index (χ4v) is 5.90. The third-order valence-corrected chi connectivity index (χ3v) is 8.15. The minimum atomic E-state index is -0.949. The SMILES string of the molecule is Cc1ncsc1-c1ccc(CNC(=O)C2CCCC2CC(=O)C(NC(=O)CCCC(=O)O)C(C)(C)C)cc1. The molecule has 206 valence electrons. The molecule has 1 fully saturated rings. The van der Waals surface area contributed by atoms with E-state index in [1.165, 1.54) is 0 Å². The van der Waals surface area contributed by atoms with E-state index in [1.54, 1.807) is 11.3 Å². The number of Topliss-reactive ketones (excluding diaryl/α,β-unsaturated/α-hetero) is 1. The molecule has 0 saturated heterocycles. The van der Waals surface area contributed by atoms with Gasteiger partial charge in [0.2, 0.25) is 11.8 Å². The predicted molar refractivity (Wildman–Crippen MR) is 147 cm³/mol. The van der Waals surface area contributed by atoms with Crippen molar-refractivity contribution in [2.45, 2.75) is 85.2 Å². The number of aliphatic carboxylic acids is 1. The molecule has 2 aromatic rings. The second kappa shape index (κ2) is 13.1. The lowest BCUT2D eigenvalue weighted by Crippen LogP contribution is -2.49. The van der Waals surface area contributed by atoms with Crippen molar-refractivity contribution in [1.82, 2.24) is 15.6 Å². The zero-order valence-corrected chi connectivity index (χ0v) is 23.5. The van der Waals surface area contributed by atoms with Crippen molar-refractivity contribution in [2.24, 2.45) is 17.3 Å². The quantitative estimate of drug-likeness (QED) is 0.351. The number of aryl methyl sites for hydroxylation is 1. The summed E-state index contributed by atoms with van der Waals surface area (Å²) in [5, 5.41) is 14.7. The lowest BCUT2D eigenvalue weighted by molar-refractivity contribution is -0.137. The van der Waals surface area contributed by atoms with Gasteiger partial charge in [0.25, 0.3) is 0 Å². The van der Waals surface area contributed by atoms with E-state index >= 15 is 0 Å². The minimum Gasteiger partial charge on any atom is -0.481 e. The van der Waals surface area contributed by atoms with Gasteiger partial charge in [-0.25, -0.2) is 4.98 Å². The van der Waals surface area contributed by atoms with E-state index in [0.29, 0.717) is 6.54 Å². The largest absolute Gasteiger partial charge is 0.481 e. The molecular formula is C29H39N3O5S. The highest BCUT2D eigenvalue weighted by Crippen LogP contribution is 2.36. The number of ketones is 1. The average molecular weight is 542 g/mol. The maximum Gasteiger partial charge on any atom is 0.303 e. The molecule has 1 heterocycles. The Bertz CT molecular complexity index is 1140. The van der Waals surface area contributed by atoms with Crippen LogP contribution in [0.2, 0.25) is 0 Å². The molecule has 3 N–H and O–H groups in total. The second-order valence-corrected chi connectivity index (χ2v) is 12.1. The van der Waals surface area contributed by atoms with E-state index in [4.69, 9.17) is 5.11 Å². The molecule has 1 aromatic heterocycles. The van der Waals surface area contributed by atoms with Crippen LogP contribution in [0.1, 0.15) is 77.0 Å². The van der Waals surface area contributed by atoms with Crippen molar-refractivity contribution in [3.63, 3.8) is 0 Å². The van der Waals surface area contributed by atoms with Crippen LogP contribution >= 0.6 is 11.3 Å². The molecule has 0 spiro atoms. The van der Waals surface area contributed by atoms with Gasteiger partial charge in [0.15, 0.2) is 5.78 Å². The lowest BCUT2D eigenvalue weighted by atomic mass is 9.79. The average Bonchev–Trinajstić information content (AvgIpc) is 3.49. The van der Waals surface area contributed by atoms with Gasteiger partial charge >= 0.3 is 5.97 Å². The first-order chi connectivity index (χ1) is 18.0. The van der Waals surface area contributed by atoms with Gasteiger partial charge in [-0.05, 0) is 48.6 Å². The normalized spacial score (nSPS) is 18.1. The highest BCUT2D eigenvalue weighted by Gasteiger charge is 2.38. The smallest absolute Gasteiger partial charge is 0.303 e. The molecule has 1 saturated carbocycles. The number of hydrogen-bond acceptors (Lipinski definition) is 6. The van der Waals surface area contributed by atoms with E-state index in [-0.39, 0.29) is 55.1 Å². The lowest BCUT2D eigenvalue weighted by Gasteiger charge is -2.31. The van der Waals surface area contributed by atoms with Crippen LogP contribution in [0.4, 0.5) is 0 Å². The standard InChI is InChI=1S/C29H39N3O5S/c1-18-26(38-17-31-18)20-13-11-19(12-14-20)16-30-28(37)22-8-5-7-21(22)15-23(33)27(29(2,3)4)32-24(34)9-6-10-25(35)36/h11-14,17,21-22,27H,5-10,15-16H2,1-4H3,(H,30,37)(H,32,34)(H,35,36). The summed E-state index contributed by atoms with van der Waals surface area (Å²) in [4.78, 5) is 55.0. The third kappa shape index (κ3) is 8.21. The van der Waals surface area contributed by atoms with E-state index in [2.05, 4.69) is 15.6 Å². The Balaban J connectivity index is 1.55. The molecule has 3 unspecified atom stereocenters. The molecule has 0 aliphatic heterocycles. The number of amides is 2. The first-order valence-corrected chi connectivity index (χ1v) is 14.1. The number of nitrogens with one attached hydrogen (secondary N) is 2. The Hall–Kier alpha value is -3.07. The van der Waals surface area contributed by atoms with Crippen LogP contribution in [0.25, 0.3) is 10.4 Å². The van der Waals surface area contributed by atoms with Crippen LogP contribution < -0.4 is 10.6 Å². The molecule has 38 heavy (non-hydrogen) atoms. The molecule has 0 radical (unpaired) electrons. The summed E-state index contributed by atoms with van der Waals surface area (Å²) in [6.07, 6.45) is 2.87. The number of thiazole rings is 1. The minimum absolute atomic E-state index is 0.0345. The number of benzene rings is 1. The number of aromatic nitrogens is 1. The zero-order chi connectivity index (χ0) is 27.9. The zero-order valence-electron chi connectivity index (χ0n) is 22.7. The number of carboxylic acids is 1. The van der Waals surface area contributed by atoms with Gasteiger partial charge in [-0.1, -0.05) is 51.5 Å². The van der Waals surface area contributed by atoms with E-state index in [9.17, 15) is 19.2 Å². The van der Waals surface area contributed by atoms with E-state index in [0.717, 1.165) is 41.0 Å². The number of carboxylic acid groups (broad SMARTS) is 1. The van der Waals surface area contributed by atoms with Gasteiger partial charge in [-0.3, -0.25) is 19.2 Å². The number of hydrogen-bond donors (Lipinski definition) is 3. The molecule has 8 nitrogen and oxygen atoms in total. The third-order valence-electron chi connectivity index (χ3n) is 7.18. The Morgan fingerprint density at radius 2 is 1.82 bits per heavy atom. The molecule has 1 aliphatic carbocycles. The number of carbonyl (C=O) groups excluding carboxylic acids is 3. The Kier molecular flexibility index (Phi) is 10.2. The van der Waals surface area contributed by atoms with Gasteiger partial charge < -0.3 is 15.7 Å². The summed E-state index contributed by atoms with van der Waals surface area (Å²) < 4.78 is 0. The Morgan fingerprint density at radius 1 is 1.11 bits per heavy atom. The molecular weight excluding hydrogens is 502 g/mol. The van der Waals surface area contributed by atoms with Gasteiger partial charge in [-0.15, -0.1) is 11.3 Å². The van der Waals surface area contributed by atoms with Crippen LogP contribution in [-0.2, 0) is 25.7 Å². The van der Waals surface area contributed by atoms with E-state index in [1.807, 2.05) is 57.5 Å². The van der Waals surface area contributed by atoms with Gasteiger partial charge in [-0.2, -0.15) is 0 Å². The summed E-state index contributed by atoms with van der Waals surface area (Å²) in [5.41, 5.74) is 4.45. The monoisotopic (exact) mass is 541 g/mol. The molecule has 9 heteroatoms. The van der Waals surface area contributed by atoms with Gasteiger partial charge in [0, 0.05) is 31.7 Å². The highest BCUT2D eigenvalue weighted by molar-refractivity contribution is 7.13. The summed E-state index contributed by atoms with van der Waals surface area (Å²) in [6, 6.07) is 7.42. The number of carbonyl (C=O) groups is 4. The summed E-state index contributed by atoms with van der Waals surface area (Å²) in [5.74, 6) is -1.68. The fraction of sp³-hybridized carbons (Fsp3) is 0.552. The first-order valence-electron chi connectivity index (χ1n) is 13.3. The van der Waals surface area contributed by atoms with Crippen molar-refractivity contribution in [3.05, 3.63) is 41.0 Å². The van der Waals surface area contributed by atoms with E-state index < -0.39 is 17.4 Å². The van der Waals surface area contributed by atoms with Crippen LogP contribution in [0.5, 0.6) is 0 Å². The number of rotatable bonds is 12. The maximum absolute atomic E-state index is 13.3. The van der Waals surface area contributed by atoms with Crippen molar-refractivity contribution < 1.29 is 24.3 Å². The van der Waals surface area contributed by atoms with Crippen LogP contribution in [0.15, 0.2) is 29.8 Å². The van der Waals surface area contributed by atoms with Crippen LogP contribution in [-0.4, -0.2) is 39.7 Å².